The SMILES string of the molecule is CCOc1ccc(N(CC(=O)NCc2ccco2)S(=O)(=O)c2ccccc2)cc1. The van der Waals surface area contributed by atoms with E-state index in [1.807, 2.05) is 6.92 Å². The number of benzene rings is 2. The molecule has 3 aromatic rings. The summed E-state index contributed by atoms with van der Waals surface area (Å²) in [7, 11) is -3.94. The first kappa shape index (κ1) is 20.5. The van der Waals surface area contributed by atoms with Crippen LogP contribution in [0, 0.1) is 0 Å². The van der Waals surface area contributed by atoms with Gasteiger partial charge in [-0.3, -0.25) is 9.10 Å². The number of carbonyl (C=O) groups excluding carboxylic acids is 1. The van der Waals surface area contributed by atoms with Crippen LogP contribution in [-0.4, -0.2) is 27.5 Å². The highest BCUT2D eigenvalue weighted by Gasteiger charge is 2.27. The van der Waals surface area contributed by atoms with Gasteiger partial charge in [0.25, 0.3) is 10.0 Å². The molecule has 1 N–H and O–H groups in total. The third-order valence-corrected chi connectivity index (χ3v) is 5.88. The number of hydrogen-bond donors (Lipinski definition) is 1. The summed E-state index contributed by atoms with van der Waals surface area (Å²) < 4.78 is 38.1. The molecule has 1 aromatic heterocycles. The van der Waals surface area contributed by atoms with Gasteiger partial charge in [0, 0.05) is 0 Å². The molecule has 0 aliphatic heterocycles. The zero-order chi connectivity index (χ0) is 20.7. The van der Waals surface area contributed by atoms with Crippen molar-refractivity contribution in [2.24, 2.45) is 0 Å². The molecule has 0 radical (unpaired) electrons. The lowest BCUT2D eigenvalue weighted by Gasteiger charge is -2.24. The smallest absolute Gasteiger partial charge is 0.264 e. The summed E-state index contributed by atoms with van der Waals surface area (Å²) in [4.78, 5) is 12.6. The molecule has 3 rings (SSSR count). The molecule has 8 heteroatoms. The third kappa shape index (κ3) is 5.17. The minimum Gasteiger partial charge on any atom is -0.494 e. The number of carbonyl (C=O) groups is 1. The number of sulfonamides is 1. The van der Waals surface area contributed by atoms with Crippen molar-refractivity contribution in [3.05, 3.63) is 78.8 Å². The van der Waals surface area contributed by atoms with Crippen LogP contribution < -0.4 is 14.4 Å². The van der Waals surface area contributed by atoms with E-state index in [9.17, 15) is 13.2 Å². The van der Waals surface area contributed by atoms with Gasteiger partial charge in [-0.1, -0.05) is 18.2 Å². The van der Waals surface area contributed by atoms with E-state index < -0.39 is 15.9 Å². The predicted molar refractivity (Wildman–Crippen MR) is 109 cm³/mol. The van der Waals surface area contributed by atoms with E-state index in [1.54, 1.807) is 54.6 Å². The summed E-state index contributed by atoms with van der Waals surface area (Å²) in [6.07, 6.45) is 1.51. The molecule has 29 heavy (non-hydrogen) atoms. The molecule has 0 saturated carbocycles. The normalized spacial score (nSPS) is 11.1. The van der Waals surface area contributed by atoms with Crippen LogP contribution >= 0.6 is 0 Å². The largest absolute Gasteiger partial charge is 0.494 e. The van der Waals surface area contributed by atoms with Crippen LogP contribution in [0.4, 0.5) is 5.69 Å². The molecule has 0 atom stereocenters. The number of ether oxygens (including phenoxy) is 1. The van der Waals surface area contributed by atoms with Crippen LogP contribution in [0.2, 0.25) is 0 Å². The van der Waals surface area contributed by atoms with Crippen molar-refractivity contribution in [1.82, 2.24) is 5.32 Å². The summed E-state index contributed by atoms with van der Waals surface area (Å²) in [5.41, 5.74) is 0.366. The van der Waals surface area contributed by atoms with Crippen LogP contribution in [0.25, 0.3) is 0 Å². The summed E-state index contributed by atoms with van der Waals surface area (Å²) in [5.74, 6) is 0.752. The van der Waals surface area contributed by atoms with E-state index in [0.29, 0.717) is 23.8 Å². The minimum atomic E-state index is -3.94. The molecule has 0 unspecified atom stereocenters. The van der Waals surface area contributed by atoms with E-state index in [1.165, 1.54) is 18.4 Å². The van der Waals surface area contributed by atoms with Gasteiger partial charge < -0.3 is 14.5 Å². The predicted octanol–water partition coefficient (Wildman–Crippen LogP) is 3.19. The molecule has 1 heterocycles. The van der Waals surface area contributed by atoms with Gasteiger partial charge in [0.15, 0.2) is 0 Å². The topological polar surface area (TPSA) is 88.8 Å². The van der Waals surface area contributed by atoms with Crippen molar-refractivity contribution < 1.29 is 22.4 Å². The highest BCUT2D eigenvalue weighted by atomic mass is 32.2. The fourth-order valence-corrected chi connectivity index (χ4v) is 4.14. The number of amides is 1. The maximum absolute atomic E-state index is 13.2. The average molecular weight is 414 g/mol. The maximum atomic E-state index is 13.2. The number of furan rings is 1. The summed E-state index contributed by atoms with van der Waals surface area (Å²) in [6.45, 7) is 2.17. The quantitative estimate of drug-likeness (QED) is 0.581. The second-order valence-corrected chi connectivity index (χ2v) is 7.97. The number of rotatable bonds is 9. The van der Waals surface area contributed by atoms with Gasteiger partial charge >= 0.3 is 0 Å². The Labute approximate surface area is 170 Å². The number of nitrogens with zero attached hydrogens (tertiary/aromatic N) is 1. The van der Waals surface area contributed by atoms with Crippen LogP contribution in [0.1, 0.15) is 12.7 Å². The Hall–Kier alpha value is -3.26. The fourth-order valence-electron chi connectivity index (χ4n) is 2.70. The molecular weight excluding hydrogens is 392 g/mol. The van der Waals surface area contributed by atoms with E-state index in [2.05, 4.69) is 5.32 Å². The molecule has 7 nitrogen and oxygen atoms in total. The highest BCUT2D eigenvalue weighted by molar-refractivity contribution is 7.92. The average Bonchev–Trinajstić information content (AvgIpc) is 3.26. The van der Waals surface area contributed by atoms with Crippen molar-refractivity contribution >= 4 is 21.6 Å². The monoisotopic (exact) mass is 414 g/mol. The van der Waals surface area contributed by atoms with Crippen LogP contribution in [0.3, 0.4) is 0 Å². The van der Waals surface area contributed by atoms with Gasteiger partial charge in [-0.15, -0.1) is 0 Å². The second kappa shape index (κ2) is 9.29. The molecule has 0 spiro atoms. The van der Waals surface area contributed by atoms with Crippen LogP contribution in [0.5, 0.6) is 5.75 Å². The van der Waals surface area contributed by atoms with Gasteiger partial charge in [-0.05, 0) is 55.5 Å². The van der Waals surface area contributed by atoms with Gasteiger partial charge in [-0.25, -0.2) is 8.42 Å². The third-order valence-electron chi connectivity index (χ3n) is 4.09. The molecule has 0 bridgehead atoms. The summed E-state index contributed by atoms with van der Waals surface area (Å²) >= 11 is 0. The van der Waals surface area contributed by atoms with E-state index in [0.717, 1.165) is 4.31 Å². The molecule has 0 fully saturated rings. The standard InChI is InChI=1S/C21H22N2O5S/c1-2-27-18-12-10-17(11-13-18)23(29(25,26)20-8-4-3-5-9-20)16-21(24)22-15-19-7-6-14-28-19/h3-14H,2,15-16H2,1H3,(H,22,24). The maximum Gasteiger partial charge on any atom is 0.264 e. The van der Waals surface area contributed by atoms with Gasteiger partial charge in [0.2, 0.25) is 5.91 Å². The van der Waals surface area contributed by atoms with E-state index in [-0.39, 0.29) is 18.0 Å². The molecular formula is C21H22N2O5S. The van der Waals surface area contributed by atoms with Gasteiger partial charge in [-0.2, -0.15) is 0 Å². The van der Waals surface area contributed by atoms with Crippen LogP contribution in [0.15, 0.2) is 82.3 Å². The molecule has 2 aromatic carbocycles. The summed E-state index contributed by atoms with van der Waals surface area (Å²) in [6, 6.07) is 18.0. The zero-order valence-electron chi connectivity index (χ0n) is 15.9. The lowest BCUT2D eigenvalue weighted by Crippen LogP contribution is -2.40. The van der Waals surface area contributed by atoms with Crippen molar-refractivity contribution in [3.63, 3.8) is 0 Å². The molecule has 152 valence electrons. The van der Waals surface area contributed by atoms with Crippen molar-refractivity contribution in [2.45, 2.75) is 18.4 Å². The van der Waals surface area contributed by atoms with Crippen molar-refractivity contribution in [1.29, 1.82) is 0 Å². The lowest BCUT2D eigenvalue weighted by molar-refractivity contribution is -0.119. The van der Waals surface area contributed by atoms with E-state index in [4.69, 9.17) is 9.15 Å². The Morgan fingerprint density at radius 3 is 2.38 bits per heavy atom. The molecule has 0 aliphatic rings. The van der Waals surface area contributed by atoms with Gasteiger partial charge in [0.05, 0.1) is 30.0 Å². The second-order valence-electron chi connectivity index (χ2n) is 6.11. The van der Waals surface area contributed by atoms with Gasteiger partial charge in [0.1, 0.15) is 18.1 Å². The minimum absolute atomic E-state index is 0.104. The molecule has 0 saturated heterocycles. The highest BCUT2D eigenvalue weighted by Crippen LogP contribution is 2.25. The number of nitrogens with one attached hydrogen (secondary N) is 1. The number of anilines is 1. The Morgan fingerprint density at radius 1 is 1.03 bits per heavy atom. The fraction of sp³-hybridized carbons (Fsp3) is 0.190. The number of hydrogen-bond acceptors (Lipinski definition) is 5. The first-order valence-corrected chi connectivity index (χ1v) is 10.5. The Morgan fingerprint density at radius 2 is 1.76 bits per heavy atom. The molecule has 0 aliphatic carbocycles. The first-order chi connectivity index (χ1) is 14.0. The van der Waals surface area contributed by atoms with Crippen molar-refractivity contribution in [2.75, 3.05) is 17.5 Å². The zero-order valence-corrected chi connectivity index (χ0v) is 16.8. The van der Waals surface area contributed by atoms with Crippen molar-refractivity contribution in [3.8, 4) is 5.75 Å². The summed E-state index contributed by atoms with van der Waals surface area (Å²) in [5, 5.41) is 2.68. The lowest BCUT2D eigenvalue weighted by atomic mass is 10.3. The Kier molecular flexibility index (Phi) is 6.56. The van der Waals surface area contributed by atoms with Crippen LogP contribution in [-0.2, 0) is 21.4 Å². The Balaban J connectivity index is 1.85. The molecule has 1 amide bonds. The first-order valence-electron chi connectivity index (χ1n) is 9.10. The van der Waals surface area contributed by atoms with E-state index >= 15 is 0 Å². The Bertz CT molecular complexity index is 1020.